The van der Waals surface area contributed by atoms with Gasteiger partial charge in [-0.3, -0.25) is 4.79 Å². The van der Waals surface area contributed by atoms with Gasteiger partial charge in [-0.05, 0) is 39.3 Å². The summed E-state index contributed by atoms with van der Waals surface area (Å²) in [7, 11) is 0. The monoisotopic (exact) mass is 198 g/mol. The van der Waals surface area contributed by atoms with E-state index in [1.165, 1.54) is 32.4 Å². The second kappa shape index (κ2) is 6.02. The van der Waals surface area contributed by atoms with Crippen LogP contribution < -0.4 is 5.32 Å². The van der Waals surface area contributed by atoms with Gasteiger partial charge >= 0.3 is 0 Å². The van der Waals surface area contributed by atoms with Crippen LogP contribution in [-0.2, 0) is 4.79 Å². The predicted octanol–water partition coefficient (Wildman–Crippen LogP) is 1.39. The fourth-order valence-electron chi connectivity index (χ4n) is 1.68. The molecule has 1 atom stereocenters. The largest absolute Gasteiger partial charge is 0.340 e. The summed E-state index contributed by atoms with van der Waals surface area (Å²) < 4.78 is 0. The lowest BCUT2D eigenvalue weighted by atomic mass is 10.2. The third-order valence-electron chi connectivity index (χ3n) is 2.88. The number of amides is 1. The molecule has 82 valence electrons. The molecule has 2 rings (SSSR count). The molecular weight excluding hydrogens is 176 g/mol. The van der Waals surface area contributed by atoms with Crippen LogP contribution in [0.1, 0.15) is 39.5 Å². The van der Waals surface area contributed by atoms with Crippen molar-refractivity contribution in [3.8, 4) is 0 Å². The zero-order valence-corrected chi connectivity index (χ0v) is 9.38. The van der Waals surface area contributed by atoms with Crippen LogP contribution in [0.3, 0.4) is 0 Å². The Morgan fingerprint density at radius 2 is 2.00 bits per heavy atom. The third-order valence-corrected chi connectivity index (χ3v) is 2.88. The third kappa shape index (κ3) is 3.29. The molecule has 0 aromatic rings. The fraction of sp³-hybridized carbons (Fsp3) is 0.909. The molecule has 1 amide bonds. The Bertz CT molecular complexity index is 174. The highest BCUT2D eigenvalue weighted by Gasteiger charge is 2.23. The Morgan fingerprint density at radius 3 is 2.29 bits per heavy atom. The van der Waals surface area contributed by atoms with Gasteiger partial charge in [0.05, 0.1) is 0 Å². The van der Waals surface area contributed by atoms with E-state index < -0.39 is 0 Å². The number of rotatable bonds is 1. The molecule has 0 aromatic carbocycles. The second-order valence-electron chi connectivity index (χ2n) is 4.04. The first-order valence-electron chi connectivity index (χ1n) is 5.76. The van der Waals surface area contributed by atoms with E-state index in [1.54, 1.807) is 0 Å². The summed E-state index contributed by atoms with van der Waals surface area (Å²) in [6, 6.07) is 0.493. The molecule has 2 saturated heterocycles. The maximum absolute atomic E-state index is 11.2. The molecule has 2 heterocycles. The van der Waals surface area contributed by atoms with Crippen LogP contribution in [0, 0.1) is 0 Å². The van der Waals surface area contributed by atoms with E-state index in [-0.39, 0.29) is 0 Å². The van der Waals surface area contributed by atoms with E-state index in [0.717, 1.165) is 6.54 Å². The molecule has 2 aliphatic heterocycles. The van der Waals surface area contributed by atoms with E-state index in [1.807, 2.05) is 11.8 Å². The van der Waals surface area contributed by atoms with Crippen LogP contribution in [-0.4, -0.2) is 36.5 Å². The SMILES string of the molecule is C1CNC1.CCC(=O)N1CCCC1C. The summed E-state index contributed by atoms with van der Waals surface area (Å²) in [5.74, 6) is 0.310. The average Bonchev–Trinajstić information content (AvgIpc) is 2.47. The molecule has 0 spiro atoms. The molecule has 0 aliphatic carbocycles. The van der Waals surface area contributed by atoms with Crippen molar-refractivity contribution in [3.63, 3.8) is 0 Å². The highest BCUT2D eigenvalue weighted by atomic mass is 16.2. The van der Waals surface area contributed by atoms with Gasteiger partial charge in [-0.1, -0.05) is 6.92 Å². The average molecular weight is 198 g/mol. The van der Waals surface area contributed by atoms with Gasteiger partial charge in [0.15, 0.2) is 0 Å². The summed E-state index contributed by atoms with van der Waals surface area (Å²) in [6.45, 7) is 7.53. The van der Waals surface area contributed by atoms with E-state index >= 15 is 0 Å². The Labute approximate surface area is 86.9 Å². The lowest BCUT2D eigenvalue weighted by molar-refractivity contribution is -0.131. The number of hydrogen-bond acceptors (Lipinski definition) is 2. The molecule has 2 fully saturated rings. The van der Waals surface area contributed by atoms with Crippen LogP contribution in [0.5, 0.6) is 0 Å². The summed E-state index contributed by atoms with van der Waals surface area (Å²) in [5, 5.41) is 3.11. The van der Waals surface area contributed by atoms with Gasteiger partial charge < -0.3 is 10.2 Å². The summed E-state index contributed by atoms with van der Waals surface area (Å²) in [5.41, 5.74) is 0. The van der Waals surface area contributed by atoms with Gasteiger partial charge in [-0.15, -0.1) is 0 Å². The van der Waals surface area contributed by atoms with Gasteiger partial charge in [0.25, 0.3) is 0 Å². The lowest BCUT2D eigenvalue weighted by Crippen LogP contribution is -2.32. The molecule has 0 radical (unpaired) electrons. The lowest BCUT2D eigenvalue weighted by Gasteiger charge is -2.20. The number of nitrogens with zero attached hydrogens (tertiary/aromatic N) is 1. The Kier molecular flexibility index (Phi) is 4.94. The first-order valence-corrected chi connectivity index (χ1v) is 5.76. The molecule has 0 aromatic heterocycles. The molecule has 0 saturated carbocycles. The topological polar surface area (TPSA) is 32.3 Å². The smallest absolute Gasteiger partial charge is 0.222 e. The van der Waals surface area contributed by atoms with E-state index in [4.69, 9.17) is 0 Å². The number of carbonyl (C=O) groups excluding carboxylic acids is 1. The van der Waals surface area contributed by atoms with Crippen molar-refractivity contribution in [2.24, 2.45) is 0 Å². The molecule has 2 aliphatic rings. The van der Waals surface area contributed by atoms with Crippen molar-refractivity contribution >= 4 is 5.91 Å². The van der Waals surface area contributed by atoms with Crippen molar-refractivity contribution in [1.29, 1.82) is 0 Å². The molecular formula is C11H22N2O. The van der Waals surface area contributed by atoms with Crippen molar-refractivity contribution < 1.29 is 4.79 Å². The van der Waals surface area contributed by atoms with Gasteiger partial charge in [0.2, 0.25) is 5.91 Å². The van der Waals surface area contributed by atoms with Crippen LogP contribution in [0.2, 0.25) is 0 Å². The van der Waals surface area contributed by atoms with Crippen molar-refractivity contribution in [1.82, 2.24) is 10.2 Å². The van der Waals surface area contributed by atoms with Crippen molar-refractivity contribution in [2.75, 3.05) is 19.6 Å². The van der Waals surface area contributed by atoms with Crippen molar-refractivity contribution in [3.05, 3.63) is 0 Å². The first-order chi connectivity index (χ1) is 6.75. The first kappa shape index (κ1) is 11.5. The zero-order valence-electron chi connectivity index (χ0n) is 9.38. The Hall–Kier alpha value is -0.570. The quantitative estimate of drug-likeness (QED) is 0.690. The summed E-state index contributed by atoms with van der Waals surface area (Å²) >= 11 is 0. The van der Waals surface area contributed by atoms with Crippen LogP contribution in [0.25, 0.3) is 0 Å². The van der Waals surface area contributed by atoms with Crippen LogP contribution in [0.15, 0.2) is 0 Å². The highest BCUT2D eigenvalue weighted by Crippen LogP contribution is 2.16. The van der Waals surface area contributed by atoms with Gasteiger partial charge in [-0.25, -0.2) is 0 Å². The second-order valence-corrected chi connectivity index (χ2v) is 4.04. The number of hydrogen-bond donors (Lipinski definition) is 1. The molecule has 3 heteroatoms. The minimum absolute atomic E-state index is 0.310. The fourth-order valence-corrected chi connectivity index (χ4v) is 1.68. The number of likely N-dealkylation sites (tertiary alicyclic amines) is 1. The molecule has 0 bridgehead atoms. The zero-order chi connectivity index (χ0) is 10.4. The predicted molar refractivity (Wildman–Crippen MR) is 58.2 cm³/mol. The highest BCUT2D eigenvalue weighted by molar-refractivity contribution is 5.76. The minimum atomic E-state index is 0.310. The standard InChI is InChI=1S/C8H15NO.C3H7N/c1-3-8(10)9-6-4-5-7(9)2;1-2-4-3-1/h7H,3-6H2,1-2H3;4H,1-3H2. The summed E-state index contributed by atoms with van der Waals surface area (Å²) in [4.78, 5) is 13.1. The minimum Gasteiger partial charge on any atom is -0.340 e. The van der Waals surface area contributed by atoms with E-state index in [2.05, 4.69) is 12.2 Å². The maximum atomic E-state index is 11.2. The van der Waals surface area contributed by atoms with Gasteiger partial charge in [0, 0.05) is 19.0 Å². The normalized spacial score (nSPS) is 25.0. The van der Waals surface area contributed by atoms with E-state index in [0.29, 0.717) is 18.4 Å². The number of nitrogens with one attached hydrogen (secondary N) is 1. The van der Waals surface area contributed by atoms with Crippen LogP contribution >= 0.6 is 0 Å². The van der Waals surface area contributed by atoms with Crippen molar-refractivity contribution in [2.45, 2.75) is 45.6 Å². The Morgan fingerprint density at radius 1 is 1.43 bits per heavy atom. The molecule has 1 N–H and O–H groups in total. The maximum Gasteiger partial charge on any atom is 0.222 e. The number of carbonyl (C=O) groups is 1. The molecule has 1 unspecified atom stereocenters. The molecule has 3 nitrogen and oxygen atoms in total. The Balaban J connectivity index is 0.000000203. The van der Waals surface area contributed by atoms with E-state index in [9.17, 15) is 4.79 Å². The van der Waals surface area contributed by atoms with Crippen LogP contribution in [0.4, 0.5) is 0 Å². The molecule has 14 heavy (non-hydrogen) atoms. The van der Waals surface area contributed by atoms with Gasteiger partial charge in [0.1, 0.15) is 0 Å². The van der Waals surface area contributed by atoms with Gasteiger partial charge in [-0.2, -0.15) is 0 Å². The summed E-state index contributed by atoms with van der Waals surface area (Å²) in [6.07, 6.45) is 4.42.